The third kappa shape index (κ3) is 3.96. The Bertz CT molecular complexity index is 350. The number of likely N-dealkylation sites (N-methyl/N-ethyl adjacent to an activating group) is 1. The maximum absolute atomic E-state index is 12.4. The van der Waals surface area contributed by atoms with Crippen molar-refractivity contribution in [1.29, 1.82) is 0 Å². The zero-order valence-electron chi connectivity index (χ0n) is 13.7. The third-order valence-corrected chi connectivity index (χ3v) is 4.87. The highest BCUT2D eigenvalue weighted by Gasteiger charge is 2.44. The Kier molecular flexibility index (Phi) is 6.02. The van der Waals surface area contributed by atoms with Crippen LogP contribution in [-0.2, 0) is 14.3 Å². The van der Waals surface area contributed by atoms with Gasteiger partial charge in [0.05, 0.1) is 12.7 Å². The van der Waals surface area contributed by atoms with E-state index < -0.39 is 5.54 Å². The Morgan fingerprint density at radius 2 is 2.29 bits per heavy atom. The molecule has 21 heavy (non-hydrogen) atoms. The minimum absolute atomic E-state index is 0.0867. The van der Waals surface area contributed by atoms with Gasteiger partial charge < -0.3 is 14.8 Å². The summed E-state index contributed by atoms with van der Waals surface area (Å²) in [6.45, 7) is 7.33. The molecule has 5 nitrogen and oxygen atoms in total. The molecule has 1 N–H and O–H groups in total. The molecule has 122 valence electrons. The van der Waals surface area contributed by atoms with Crippen LogP contribution < -0.4 is 5.32 Å². The lowest BCUT2D eigenvalue weighted by molar-refractivity contribution is -0.153. The Labute approximate surface area is 128 Å². The van der Waals surface area contributed by atoms with E-state index >= 15 is 0 Å². The summed E-state index contributed by atoms with van der Waals surface area (Å²) in [6, 6.07) is 0.444. The molecule has 0 aromatic carbocycles. The molecule has 0 bridgehead atoms. The molecule has 0 aromatic heterocycles. The van der Waals surface area contributed by atoms with Crippen LogP contribution in [0, 0.1) is 0 Å². The van der Waals surface area contributed by atoms with E-state index in [0.717, 1.165) is 51.8 Å². The van der Waals surface area contributed by atoms with Gasteiger partial charge in [0.1, 0.15) is 5.54 Å². The lowest BCUT2D eigenvalue weighted by Crippen LogP contribution is -2.58. The van der Waals surface area contributed by atoms with Crippen molar-refractivity contribution in [2.24, 2.45) is 0 Å². The van der Waals surface area contributed by atoms with Crippen LogP contribution in [0.5, 0.6) is 0 Å². The summed E-state index contributed by atoms with van der Waals surface area (Å²) in [7, 11) is 1.88. The largest absolute Gasteiger partial charge is 0.465 e. The quantitative estimate of drug-likeness (QED) is 0.798. The molecule has 1 heterocycles. The summed E-state index contributed by atoms with van der Waals surface area (Å²) in [5.74, 6) is -0.0867. The second kappa shape index (κ2) is 7.56. The van der Waals surface area contributed by atoms with Crippen molar-refractivity contribution < 1.29 is 14.3 Å². The molecule has 2 rings (SSSR count). The smallest absolute Gasteiger partial charge is 0.326 e. The second-order valence-corrected chi connectivity index (χ2v) is 6.33. The van der Waals surface area contributed by atoms with Crippen molar-refractivity contribution in [2.75, 3.05) is 33.4 Å². The molecule has 0 radical (unpaired) electrons. The molecule has 0 amide bonds. The first-order chi connectivity index (χ1) is 10.1. The van der Waals surface area contributed by atoms with Gasteiger partial charge in [-0.15, -0.1) is 0 Å². The number of carbonyl (C=O) groups excluding carboxylic acids is 1. The number of ether oxygens (including phenoxy) is 2. The number of hydrogen-bond donors (Lipinski definition) is 1. The van der Waals surface area contributed by atoms with Crippen LogP contribution in [0.25, 0.3) is 0 Å². The predicted octanol–water partition coefficient (Wildman–Crippen LogP) is 1.56. The van der Waals surface area contributed by atoms with Gasteiger partial charge in [-0.25, -0.2) is 0 Å². The minimum Gasteiger partial charge on any atom is -0.465 e. The molecule has 3 unspecified atom stereocenters. The van der Waals surface area contributed by atoms with Gasteiger partial charge in [0, 0.05) is 25.7 Å². The molecule has 1 aliphatic heterocycles. The highest BCUT2D eigenvalue weighted by atomic mass is 16.5. The molecule has 0 aromatic rings. The van der Waals surface area contributed by atoms with Gasteiger partial charge in [-0.2, -0.15) is 0 Å². The van der Waals surface area contributed by atoms with Crippen molar-refractivity contribution in [3.05, 3.63) is 0 Å². The fourth-order valence-electron chi connectivity index (χ4n) is 3.70. The van der Waals surface area contributed by atoms with E-state index in [-0.39, 0.29) is 12.1 Å². The van der Waals surface area contributed by atoms with E-state index in [1.807, 2.05) is 14.0 Å². The van der Waals surface area contributed by atoms with E-state index in [4.69, 9.17) is 9.47 Å². The summed E-state index contributed by atoms with van der Waals surface area (Å²) in [4.78, 5) is 14.9. The zero-order chi connectivity index (χ0) is 15.3. The summed E-state index contributed by atoms with van der Waals surface area (Å²) in [5, 5.41) is 3.27. The first kappa shape index (κ1) is 16.7. The lowest BCUT2D eigenvalue weighted by atomic mass is 9.78. The molecule has 2 fully saturated rings. The molecular weight excluding hydrogens is 268 g/mol. The number of nitrogens with one attached hydrogen (secondary N) is 1. The van der Waals surface area contributed by atoms with Crippen molar-refractivity contribution in [3.8, 4) is 0 Å². The number of rotatable bonds is 4. The monoisotopic (exact) mass is 298 g/mol. The summed E-state index contributed by atoms with van der Waals surface area (Å²) < 4.78 is 11.1. The van der Waals surface area contributed by atoms with E-state index in [0.29, 0.717) is 12.6 Å². The van der Waals surface area contributed by atoms with Crippen molar-refractivity contribution in [1.82, 2.24) is 10.2 Å². The van der Waals surface area contributed by atoms with Gasteiger partial charge in [-0.05, 0) is 53.0 Å². The Morgan fingerprint density at radius 3 is 3.00 bits per heavy atom. The van der Waals surface area contributed by atoms with Gasteiger partial charge in [0.2, 0.25) is 0 Å². The molecule has 1 saturated carbocycles. The second-order valence-electron chi connectivity index (χ2n) is 6.33. The highest BCUT2D eigenvalue weighted by molar-refractivity contribution is 5.81. The average molecular weight is 298 g/mol. The highest BCUT2D eigenvalue weighted by Crippen LogP contribution is 2.33. The van der Waals surface area contributed by atoms with Crippen molar-refractivity contribution in [3.63, 3.8) is 0 Å². The summed E-state index contributed by atoms with van der Waals surface area (Å²) in [6.07, 6.45) is 5.30. The van der Waals surface area contributed by atoms with Gasteiger partial charge in [0.25, 0.3) is 0 Å². The van der Waals surface area contributed by atoms with Gasteiger partial charge in [-0.1, -0.05) is 0 Å². The molecule has 5 heteroatoms. The zero-order valence-corrected chi connectivity index (χ0v) is 13.7. The standard InChI is InChI=1S/C16H30N2O3/c1-4-20-15(19)16(17-3)8-5-7-14(11-16)18-9-6-10-21-13(2)12-18/h13-14,17H,4-12H2,1-3H3. The van der Waals surface area contributed by atoms with Crippen LogP contribution in [0.1, 0.15) is 46.0 Å². The molecule has 1 saturated heterocycles. The normalized spacial score (nSPS) is 35.2. The van der Waals surface area contributed by atoms with Crippen LogP contribution in [0.15, 0.2) is 0 Å². The van der Waals surface area contributed by atoms with Gasteiger partial charge in [-0.3, -0.25) is 9.69 Å². The number of nitrogens with zero attached hydrogens (tertiary/aromatic N) is 1. The lowest BCUT2D eigenvalue weighted by Gasteiger charge is -2.43. The fourth-order valence-corrected chi connectivity index (χ4v) is 3.70. The predicted molar refractivity (Wildman–Crippen MR) is 82.3 cm³/mol. The van der Waals surface area contributed by atoms with Crippen LogP contribution in [0.4, 0.5) is 0 Å². The van der Waals surface area contributed by atoms with Crippen LogP contribution in [0.2, 0.25) is 0 Å². The third-order valence-electron chi connectivity index (χ3n) is 4.87. The van der Waals surface area contributed by atoms with Gasteiger partial charge in [0.15, 0.2) is 0 Å². The Balaban J connectivity index is 2.05. The van der Waals surface area contributed by atoms with E-state index in [1.165, 1.54) is 0 Å². The Morgan fingerprint density at radius 1 is 1.48 bits per heavy atom. The molecule has 0 spiro atoms. The first-order valence-electron chi connectivity index (χ1n) is 8.33. The van der Waals surface area contributed by atoms with Crippen LogP contribution in [0.3, 0.4) is 0 Å². The Hall–Kier alpha value is -0.650. The number of carbonyl (C=O) groups is 1. The number of hydrogen-bond acceptors (Lipinski definition) is 5. The molecule has 1 aliphatic carbocycles. The summed E-state index contributed by atoms with van der Waals surface area (Å²) in [5.41, 5.74) is -0.505. The van der Waals surface area contributed by atoms with Crippen molar-refractivity contribution >= 4 is 5.97 Å². The number of esters is 1. The van der Waals surface area contributed by atoms with E-state index in [1.54, 1.807) is 0 Å². The molecule has 2 aliphatic rings. The van der Waals surface area contributed by atoms with E-state index in [2.05, 4.69) is 17.1 Å². The van der Waals surface area contributed by atoms with Crippen LogP contribution >= 0.6 is 0 Å². The molecular formula is C16H30N2O3. The first-order valence-corrected chi connectivity index (χ1v) is 8.33. The van der Waals surface area contributed by atoms with E-state index in [9.17, 15) is 4.79 Å². The maximum atomic E-state index is 12.4. The average Bonchev–Trinajstić information content (AvgIpc) is 2.72. The minimum atomic E-state index is -0.505. The fraction of sp³-hybridized carbons (Fsp3) is 0.938. The SMILES string of the molecule is CCOC(=O)C1(NC)CCCC(N2CCCOC(C)C2)C1. The molecule has 3 atom stereocenters. The summed E-state index contributed by atoms with van der Waals surface area (Å²) >= 11 is 0. The topological polar surface area (TPSA) is 50.8 Å². The maximum Gasteiger partial charge on any atom is 0.326 e. The van der Waals surface area contributed by atoms with Crippen LogP contribution in [-0.4, -0.2) is 61.9 Å². The van der Waals surface area contributed by atoms with Gasteiger partial charge >= 0.3 is 5.97 Å². The van der Waals surface area contributed by atoms with Crippen molar-refractivity contribution in [2.45, 2.75) is 63.6 Å².